The third kappa shape index (κ3) is 4.11. The fourth-order valence-corrected chi connectivity index (χ4v) is 10.6. The first-order chi connectivity index (χ1) is 7.89. The van der Waals surface area contributed by atoms with Gasteiger partial charge in [-0.2, -0.15) is 0 Å². The highest BCUT2D eigenvalue weighted by molar-refractivity contribution is 7.40. The lowest BCUT2D eigenvalue weighted by Crippen LogP contribution is -2.56. The zero-order valence-electron chi connectivity index (χ0n) is 12.2. The number of benzene rings is 1. The van der Waals surface area contributed by atoms with Crippen LogP contribution in [-0.4, -0.2) is 15.2 Å². The third-order valence-corrected chi connectivity index (χ3v) is 23.3. The molecule has 1 aromatic carbocycles. The molecule has 0 aromatic heterocycles. The van der Waals surface area contributed by atoms with Crippen LogP contribution in [-0.2, 0) is 6.04 Å². The Morgan fingerprint density at radius 1 is 0.882 bits per heavy atom. The lowest BCUT2D eigenvalue weighted by Gasteiger charge is -2.39. The molecule has 0 spiro atoms. The number of hydrogen-bond donors (Lipinski definition) is 0. The van der Waals surface area contributed by atoms with Gasteiger partial charge in [-0.3, -0.25) is 0 Å². The predicted octanol–water partition coefficient (Wildman–Crippen LogP) is 5.06. The van der Waals surface area contributed by atoms with Gasteiger partial charge in [0.05, 0.1) is 0 Å². The van der Waals surface area contributed by atoms with E-state index >= 15 is 0 Å². The summed E-state index contributed by atoms with van der Waals surface area (Å²) < 4.78 is 0. The normalized spacial score (nSPS) is 12.8. The summed E-state index contributed by atoms with van der Waals surface area (Å²) in [6.45, 7) is 12.8. The molecular formula is C15H28Si2. The first-order valence-corrected chi connectivity index (χ1v) is 14.3. The van der Waals surface area contributed by atoms with Crippen LogP contribution in [0.25, 0.3) is 0 Å². The molecule has 0 saturated carbocycles. The van der Waals surface area contributed by atoms with E-state index < -0.39 is 15.2 Å². The minimum atomic E-state index is -1.07. The Labute approximate surface area is 109 Å². The SMILES string of the molecule is CCCC[Si](C)(C)[Si](C)(C)Cc1ccccc1. The second kappa shape index (κ2) is 6.01. The maximum atomic E-state index is 2.62. The third-order valence-electron chi connectivity index (χ3n) is 4.48. The summed E-state index contributed by atoms with van der Waals surface area (Å²) >= 11 is 0. The monoisotopic (exact) mass is 264 g/mol. The smallest absolute Gasteiger partial charge is 0.0456 e. The highest BCUT2D eigenvalue weighted by Crippen LogP contribution is 2.28. The van der Waals surface area contributed by atoms with Crippen LogP contribution in [0.4, 0.5) is 0 Å². The molecule has 2 heteroatoms. The zero-order chi connectivity index (χ0) is 12.9. The van der Waals surface area contributed by atoms with E-state index in [0.29, 0.717) is 0 Å². The first kappa shape index (κ1) is 14.7. The van der Waals surface area contributed by atoms with E-state index in [1.165, 1.54) is 24.9 Å². The van der Waals surface area contributed by atoms with Crippen molar-refractivity contribution >= 4 is 15.2 Å². The second-order valence-electron chi connectivity index (χ2n) is 6.53. The summed E-state index contributed by atoms with van der Waals surface area (Å²) in [5.41, 5.74) is 1.56. The van der Waals surface area contributed by atoms with Gasteiger partial charge in [0, 0.05) is 15.2 Å². The molecule has 0 bridgehead atoms. The van der Waals surface area contributed by atoms with E-state index in [-0.39, 0.29) is 0 Å². The quantitative estimate of drug-likeness (QED) is 0.630. The molecule has 0 unspecified atom stereocenters. The van der Waals surface area contributed by atoms with Crippen LogP contribution in [0.5, 0.6) is 0 Å². The van der Waals surface area contributed by atoms with Crippen molar-refractivity contribution in [1.29, 1.82) is 0 Å². The van der Waals surface area contributed by atoms with E-state index in [1.807, 2.05) is 0 Å². The molecule has 0 fully saturated rings. The molecule has 0 amide bonds. The molecule has 0 aliphatic heterocycles. The zero-order valence-corrected chi connectivity index (χ0v) is 14.2. The summed E-state index contributed by atoms with van der Waals surface area (Å²) in [7, 11) is -2.07. The Bertz CT molecular complexity index is 328. The van der Waals surface area contributed by atoms with Crippen molar-refractivity contribution < 1.29 is 0 Å². The van der Waals surface area contributed by atoms with Gasteiger partial charge in [-0.1, -0.05) is 87.9 Å². The lowest BCUT2D eigenvalue weighted by molar-refractivity contribution is 0.871. The molecule has 1 rings (SSSR count). The molecule has 17 heavy (non-hydrogen) atoms. The Morgan fingerprint density at radius 2 is 1.47 bits per heavy atom. The van der Waals surface area contributed by atoms with Crippen LogP contribution in [0.2, 0.25) is 32.2 Å². The van der Waals surface area contributed by atoms with E-state index in [0.717, 1.165) is 0 Å². The van der Waals surface area contributed by atoms with Gasteiger partial charge >= 0.3 is 0 Å². The minimum Gasteiger partial charge on any atom is -0.0713 e. The molecule has 0 saturated heterocycles. The Kier molecular flexibility index (Phi) is 5.20. The van der Waals surface area contributed by atoms with Gasteiger partial charge in [-0.05, 0) is 6.04 Å². The Balaban J connectivity index is 2.73. The van der Waals surface area contributed by atoms with E-state index in [9.17, 15) is 0 Å². The van der Waals surface area contributed by atoms with Crippen LogP contribution < -0.4 is 0 Å². The molecule has 0 heterocycles. The van der Waals surface area contributed by atoms with Gasteiger partial charge in [-0.25, -0.2) is 0 Å². The van der Waals surface area contributed by atoms with Crippen molar-refractivity contribution in [2.75, 3.05) is 0 Å². The molecule has 0 radical (unpaired) electrons. The average molecular weight is 265 g/mol. The minimum absolute atomic E-state index is 0.996. The second-order valence-corrected chi connectivity index (χ2v) is 23.0. The first-order valence-electron chi connectivity index (χ1n) is 6.93. The molecular weight excluding hydrogens is 236 g/mol. The molecule has 0 N–H and O–H groups in total. The van der Waals surface area contributed by atoms with Crippen molar-refractivity contribution in [2.45, 2.75) is 58.0 Å². The summed E-state index contributed by atoms with van der Waals surface area (Å²) in [5, 5.41) is 0. The van der Waals surface area contributed by atoms with Crippen molar-refractivity contribution in [3.63, 3.8) is 0 Å². The maximum absolute atomic E-state index is 2.62. The molecule has 0 nitrogen and oxygen atoms in total. The largest absolute Gasteiger partial charge is 0.0713 e. The highest BCUT2D eigenvalue weighted by atomic mass is 29.3. The van der Waals surface area contributed by atoms with Crippen molar-refractivity contribution in [2.24, 2.45) is 0 Å². The maximum Gasteiger partial charge on any atom is 0.0456 e. The topological polar surface area (TPSA) is 0 Å². The van der Waals surface area contributed by atoms with E-state index in [4.69, 9.17) is 0 Å². The summed E-state index contributed by atoms with van der Waals surface area (Å²) in [6, 6.07) is 14.0. The molecule has 0 aliphatic rings. The van der Waals surface area contributed by atoms with Crippen LogP contribution in [0, 0.1) is 0 Å². The van der Waals surface area contributed by atoms with Gasteiger partial charge in [0.2, 0.25) is 0 Å². The van der Waals surface area contributed by atoms with Gasteiger partial charge in [0.25, 0.3) is 0 Å². The Morgan fingerprint density at radius 3 is 2.00 bits per heavy atom. The number of unbranched alkanes of at least 4 members (excludes halogenated alkanes) is 1. The standard InChI is InChI=1S/C15H28Si2/c1-6-7-13-16(2,3)17(4,5)14-15-11-9-8-10-12-15/h8-12H,6-7,13-14H2,1-5H3. The summed E-state index contributed by atoms with van der Waals surface area (Å²) in [5.74, 6) is 0. The predicted molar refractivity (Wildman–Crippen MR) is 84.8 cm³/mol. The van der Waals surface area contributed by atoms with Crippen LogP contribution in [0.1, 0.15) is 25.3 Å². The van der Waals surface area contributed by atoms with Gasteiger partial charge in [0.1, 0.15) is 0 Å². The fourth-order valence-electron chi connectivity index (χ4n) is 2.30. The highest BCUT2D eigenvalue weighted by Gasteiger charge is 2.39. The lowest BCUT2D eigenvalue weighted by atomic mass is 10.2. The van der Waals surface area contributed by atoms with Gasteiger partial charge < -0.3 is 0 Å². The van der Waals surface area contributed by atoms with Crippen molar-refractivity contribution in [3.8, 4) is 0 Å². The van der Waals surface area contributed by atoms with Gasteiger partial charge in [0.15, 0.2) is 0 Å². The van der Waals surface area contributed by atoms with Crippen molar-refractivity contribution in [3.05, 3.63) is 35.9 Å². The Hall–Kier alpha value is -0.346. The molecule has 0 atom stereocenters. The molecule has 96 valence electrons. The molecule has 0 aliphatic carbocycles. The summed E-state index contributed by atoms with van der Waals surface area (Å²) in [4.78, 5) is 0. The molecule has 1 aromatic rings. The number of rotatable bonds is 6. The average Bonchev–Trinajstić information content (AvgIpc) is 2.27. The summed E-state index contributed by atoms with van der Waals surface area (Å²) in [6.07, 6.45) is 2.79. The number of hydrogen-bond acceptors (Lipinski definition) is 0. The van der Waals surface area contributed by atoms with E-state index in [2.05, 4.69) is 63.4 Å². The van der Waals surface area contributed by atoms with Crippen LogP contribution in [0.15, 0.2) is 30.3 Å². The van der Waals surface area contributed by atoms with Crippen LogP contribution >= 0.6 is 0 Å². The van der Waals surface area contributed by atoms with Gasteiger partial charge in [-0.15, -0.1) is 0 Å². The fraction of sp³-hybridized carbons (Fsp3) is 0.600. The van der Waals surface area contributed by atoms with Crippen molar-refractivity contribution in [1.82, 2.24) is 0 Å². The van der Waals surface area contributed by atoms with E-state index in [1.54, 1.807) is 5.56 Å². The van der Waals surface area contributed by atoms with Crippen LogP contribution in [0.3, 0.4) is 0 Å².